The first-order valence-corrected chi connectivity index (χ1v) is 9.56. The number of morpholine rings is 1. The minimum Gasteiger partial charge on any atom is -0.379 e. The molecule has 0 radical (unpaired) electrons. The van der Waals surface area contributed by atoms with Gasteiger partial charge in [0.15, 0.2) is 0 Å². The number of hydrogen-bond donors (Lipinski definition) is 1. The molecule has 1 fully saturated rings. The first-order valence-electron chi connectivity index (χ1n) is 7.70. The van der Waals surface area contributed by atoms with Crippen LogP contribution in [0.5, 0.6) is 0 Å². The molecule has 1 N–H and O–H groups in total. The number of ether oxygens (including phenoxy) is 1. The molecule has 1 aliphatic rings. The predicted octanol–water partition coefficient (Wildman–Crippen LogP) is 2.97. The zero-order chi connectivity index (χ0) is 17.0. The SMILES string of the molecule is O=S(=O)(Nc1ccc(CN2CCOCC2)cc1)c1ccc(Cl)cc1. The number of nitrogens with zero attached hydrogens (tertiary/aromatic N) is 1. The average molecular weight is 367 g/mol. The summed E-state index contributed by atoms with van der Waals surface area (Å²) in [6, 6.07) is 13.5. The van der Waals surface area contributed by atoms with Crippen molar-refractivity contribution in [2.75, 3.05) is 31.0 Å². The Labute approximate surface area is 147 Å². The minimum absolute atomic E-state index is 0.185. The van der Waals surface area contributed by atoms with Gasteiger partial charge in [-0.1, -0.05) is 23.7 Å². The number of rotatable bonds is 5. The third-order valence-electron chi connectivity index (χ3n) is 3.84. The number of sulfonamides is 1. The quantitative estimate of drug-likeness (QED) is 0.883. The monoisotopic (exact) mass is 366 g/mol. The molecule has 0 saturated carbocycles. The van der Waals surface area contributed by atoms with Crippen LogP contribution >= 0.6 is 11.6 Å². The lowest BCUT2D eigenvalue weighted by atomic mass is 10.2. The molecule has 0 bridgehead atoms. The highest BCUT2D eigenvalue weighted by atomic mass is 35.5. The standard InChI is InChI=1S/C17H19ClN2O3S/c18-15-3-7-17(8-4-15)24(21,22)19-16-5-1-14(2-6-16)13-20-9-11-23-12-10-20/h1-8,19H,9-13H2. The first-order chi connectivity index (χ1) is 11.5. The number of halogens is 1. The number of anilines is 1. The van der Waals surface area contributed by atoms with Crippen molar-refractivity contribution in [2.45, 2.75) is 11.4 Å². The van der Waals surface area contributed by atoms with Crippen LogP contribution in [0.15, 0.2) is 53.4 Å². The lowest BCUT2D eigenvalue weighted by molar-refractivity contribution is 0.0342. The molecule has 0 atom stereocenters. The largest absolute Gasteiger partial charge is 0.379 e. The van der Waals surface area contributed by atoms with E-state index in [9.17, 15) is 8.42 Å². The molecular weight excluding hydrogens is 348 g/mol. The van der Waals surface area contributed by atoms with E-state index in [1.54, 1.807) is 24.3 Å². The van der Waals surface area contributed by atoms with Crippen molar-refractivity contribution in [1.29, 1.82) is 0 Å². The summed E-state index contributed by atoms with van der Waals surface area (Å²) < 4.78 is 32.6. The molecule has 0 aliphatic carbocycles. The minimum atomic E-state index is -3.61. The van der Waals surface area contributed by atoms with Gasteiger partial charge in [-0.05, 0) is 42.0 Å². The van der Waals surface area contributed by atoms with E-state index in [0.717, 1.165) is 38.4 Å². The van der Waals surface area contributed by atoms with Gasteiger partial charge < -0.3 is 4.74 Å². The fraction of sp³-hybridized carbons (Fsp3) is 0.294. The highest BCUT2D eigenvalue weighted by molar-refractivity contribution is 7.92. The van der Waals surface area contributed by atoms with Crippen molar-refractivity contribution in [3.63, 3.8) is 0 Å². The summed E-state index contributed by atoms with van der Waals surface area (Å²) in [4.78, 5) is 2.50. The summed E-state index contributed by atoms with van der Waals surface area (Å²) in [5.41, 5.74) is 1.68. The zero-order valence-corrected chi connectivity index (χ0v) is 14.7. The Bertz CT molecular complexity index is 770. The Balaban J connectivity index is 1.66. The molecule has 0 aromatic heterocycles. The molecule has 2 aromatic rings. The lowest BCUT2D eigenvalue weighted by Crippen LogP contribution is -2.35. The fourth-order valence-electron chi connectivity index (χ4n) is 2.52. The van der Waals surface area contributed by atoms with Crippen LogP contribution in [0.1, 0.15) is 5.56 Å². The maximum absolute atomic E-state index is 12.3. The molecule has 1 saturated heterocycles. The molecule has 1 heterocycles. The van der Waals surface area contributed by atoms with Crippen molar-refractivity contribution < 1.29 is 13.2 Å². The molecule has 5 nitrogen and oxygen atoms in total. The topological polar surface area (TPSA) is 58.6 Å². The Morgan fingerprint density at radius 2 is 1.62 bits per heavy atom. The van der Waals surface area contributed by atoms with Crippen LogP contribution < -0.4 is 4.72 Å². The van der Waals surface area contributed by atoms with Crippen LogP contribution in [-0.4, -0.2) is 39.6 Å². The Morgan fingerprint density at radius 1 is 1.00 bits per heavy atom. The average Bonchev–Trinajstić information content (AvgIpc) is 2.58. The Kier molecular flexibility index (Phi) is 5.40. The Hall–Kier alpha value is -1.60. The first kappa shape index (κ1) is 17.2. The highest BCUT2D eigenvalue weighted by Crippen LogP contribution is 2.19. The van der Waals surface area contributed by atoms with Crippen molar-refractivity contribution in [3.05, 3.63) is 59.1 Å². The van der Waals surface area contributed by atoms with E-state index in [4.69, 9.17) is 16.3 Å². The van der Waals surface area contributed by atoms with E-state index >= 15 is 0 Å². The smallest absolute Gasteiger partial charge is 0.261 e. The van der Waals surface area contributed by atoms with E-state index in [1.165, 1.54) is 12.1 Å². The predicted molar refractivity (Wildman–Crippen MR) is 94.8 cm³/mol. The molecule has 0 spiro atoms. The molecular formula is C17H19ClN2O3S. The van der Waals surface area contributed by atoms with Gasteiger partial charge in [0, 0.05) is 30.3 Å². The Morgan fingerprint density at radius 3 is 2.25 bits per heavy atom. The highest BCUT2D eigenvalue weighted by Gasteiger charge is 2.14. The number of nitrogens with one attached hydrogen (secondary N) is 1. The second-order valence-electron chi connectivity index (χ2n) is 5.64. The maximum atomic E-state index is 12.3. The molecule has 0 unspecified atom stereocenters. The van der Waals surface area contributed by atoms with E-state index in [0.29, 0.717) is 10.7 Å². The third-order valence-corrected chi connectivity index (χ3v) is 5.49. The number of hydrogen-bond acceptors (Lipinski definition) is 4. The van der Waals surface area contributed by atoms with Gasteiger partial charge in [0.2, 0.25) is 0 Å². The summed E-state index contributed by atoms with van der Waals surface area (Å²) in [5, 5.41) is 0.501. The van der Waals surface area contributed by atoms with Crippen molar-refractivity contribution in [1.82, 2.24) is 4.90 Å². The van der Waals surface area contributed by atoms with Gasteiger partial charge in [-0.15, -0.1) is 0 Å². The van der Waals surface area contributed by atoms with Gasteiger partial charge in [0.1, 0.15) is 0 Å². The van der Waals surface area contributed by atoms with Crippen LogP contribution in [0.25, 0.3) is 0 Å². The molecule has 7 heteroatoms. The third kappa shape index (κ3) is 4.48. The van der Waals surface area contributed by atoms with E-state index in [2.05, 4.69) is 9.62 Å². The van der Waals surface area contributed by atoms with Crippen LogP contribution in [0.3, 0.4) is 0 Å². The van der Waals surface area contributed by atoms with Gasteiger partial charge in [-0.3, -0.25) is 9.62 Å². The number of benzene rings is 2. The molecule has 0 amide bonds. The molecule has 1 aliphatic heterocycles. The summed E-state index contributed by atoms with van der Waals surface area (Å²) in [6.45, 7) is 4.21. The molecule has 3 rings (SSSR count). The molecule has 24 heavy (non-hydrogen) atoms. The molecule has 128 valence electrons. The van der Waals surface area contributed by atoms with Crippen molar-refractivity contribution in [3.8, 4) is 0 Å². The van der Waals surface area contributed by atoms with Crippen LogP contribution in [-0.2, 0) is 21.3 Å². The fourth-order valence-corrected chi connectivity index (χ4v) is 3.71. The van der Waals surface area contributed by atoms with Crippen LogP contribution in [0.2, 0.25) is 5.02 Å². The van der Waals surface area contributed by atoms with E-state index < -0.39 is 10.0 Å². The maximum Gasteiger partial charge on any atom is 0.261 e. The zero-order valence-electron chi connectivity index (χ0n) is 13.1. The lowest BCUT2D eigenvalue weighted by Gasteiger charge is -2.26. The summed E-state index contributed by atoms with van der Waals surface area (Å²) in [6.07, 6.45) is 0. The van der Waals surface area contributed by atoms with Gasteiger partial charge in [-0.25, -0.2) is 8.42 Å². The van der Waals surface area contributed by atoms with Crippen LogP contribution in [0, 0.1) is 0 Å². The second-order valence-corrected chi connectivity index (χ2v) is 7.76. The van der Waals surface area contributed by atoms with Crippen molar-refractivity contribution in [2.24, 2.45) is 0 Å². The van der Waals surface area contributed by atoms with Crippen LogP contribution in [0.4, 0.5) is 5.69 Å². The molecule has 2 aromatic carbocycles. The van der Waals surface area contributed by atoms with E-state index in [1.807, 2.05) is 12.1 Å². The van der Waals surface area contributed by atoms with Crippen molar-refractivity contribution >= 4 is 27.3 Å². The van der Waals surface area contributed by atoms with Gasteiger partial charge in [0.25, 0.3) is 10.0 Å². The summed E-state index contributed by atoms with van der Waals surface area (Å²) in [5.74, 6) is 0. The summed E-state index contributed by atoms with van der Waals surface area (Å²) >= 11 is 5.79. The van der Waals surface area contributed by atoms with Gasteiger partial charge in [0.05, 0.1) is 18.1 Å². The normalized spacial score (nSPS) is 16.0. The second kappa shape index (κ2) is 7.53. The van der Waals surface area contributed by atoms with Gasteiger partial charge in [-0.2, -0.15) is 0 Å². The summed E-state index contributed by atoms with van der Waals surface area (Å²) in [7, 11) is -3.61. The van der Waals surface area contributed by atoms with Gasteiger partial charge >= 0.3 is 0 Å². The van der Waals surface area contributed by atoms with E-state index in [-0.39, 0.29) is 4.90 Å².